The topological polar surface area (TPSA) is 67.2 Å². The fourth-order valence-electron chi connectivity index (χ4n) is 3.88. The predicted octanol–water partition coefficient (Wildman–Crippen LogP) is 1.96. The van der Waals surface area contributed by atoms with Crippen molar-refractivity contribution in [3.05, 3.63) is 18.5 Å². The van der Waals surface area contributed by atoms with Crippen LogP contribution in [0, 0.1) is 5.92 Å². The lowest BCUT2D eigenvalue weighted by Crippen LogP contribution is -2.50. The second kappa shape index (κ2) is 8.31. The van der Waals surface area contributed by atoms with Crippen LogP contribution in [0.5, 0.6) is 0 Å². The van der Waals surface area contributed by atoms with Crippen LogP contribution in [0.15, 0.2) is 18.5 Å². The maximum absolute atomic E-state index is 12.5. The highest BCUT2D eigenvalue weighted by Crippen LogP contribution is 2.27. The van der Waals surface area contributed by atoms with E-state index >= 15 is 0 Å². The summed E-state index contributed by atoms with van der Waals surface area (Å²) >= 11 is 0. The minimum atomic E-state index is -0.0661. The van der Waals surface area contributed by atoms with Crippen LogP contribution in [0.1, 0.15) is 51.4 Å². The van der Waals surface area contributed by atoms with Crippen LogP contribution in [0.3, 0.4) is 0 Å². The van der Waals surface area contributed by atoms with Gasteiger partial charge in [-0.2, -0.15) is 5.10 Å². The Morgan fingerprint density at radius 1 is 1.21 bits per heavy atom. The number of aromatic nitrogens is 2. The summed E-state index contributed by atoms with van der Waals surface area (Å²) in [6.07, 6.45) is 12.0. The van der Waals surface area contributed by atoms with E-state index in [1.165, 1.54) is 25.7 Å². The third-order valence-corrected chi connectivity index (χ3v) is 5.28. The molecule has 1 aliphatic heterocycles. The molecule has 1 N–H and O–H groups in total. The van der Waals surface area contributed by atoms with Gasteiger partial charge in [0.15, 0.2) is 0 Å². The molecule has 1 saturated heterocycles. The van der Waals surface area contributed by atoms with Crippen LogP contribution >= 0.6 is 0 Å². The number of amides is 2. The first-order chi connectivity index (χ1) is 11.7. The summed E-state index contributed by atoms with van der Waals surface area (Å²) in [7, 11) is 0. The van der Waals surface area contributed by atoms with Crippen LogP contribution in [0.25, 0.3) is 0 Å². The zero-order chi connectivity index (χ0) is 16.8. The van der Waals surface area contributed by atoms with E-state index in [1.54, 1.807) is 6.20 Å². The van der Waals surface area contributed by atoms with E-state index in [1.807, 2.05) is 21.8 Å². The van der Waals surface area contributed by atoms with E-state index in [2.05, 4.69) is 10.4 Å². The summed E-state index contributed by atoms with van der Waals surface area (Å²) in [5, 5.41) is 7.13. The molecule has 3 rings (SSSR count). The zero-order valence-corrected chi connectivity index (χ0v) is 14.3. The molecule has 1 saturated carbocycles. The molecular weight excluding hydrogens is 304 g/mol. The third-order valence-electron chi connectivity index (χ3n) is 5.28. The fourth-order valence-corrected chi connectivity index (χ4v) is 3.88. The van der Waals surface area contributed by atoms with Crippen LogP contribution in [0.4, 0.5) is 0 Å². The lowest BCUT2D eigenvalue weighted by Gasteiger charge is -2.37. The highest BCUT2D eigenvalue weighted by atomic mass is 16.2. The first-order valence-corrected chi connectivity index (χ1v) is 9.28. The Morgan fingerprint density at radius 2 is 2.00 bits per heavy atom. The molecule has 2 heterocycles. The van der Waals surface area contributed by atoms with Gasteiger partial charge in [-0.05, 0) is 25.3 Å². The van der Waals surface area contributed by atoms with Gasteiger partial charge in [0.05, 0.1) is 12.5 Å². The van der Waals surface area contributed by atoms with E-state index in [9.17, 15) is 9.59 Å². The summed E-state index contributed by atoms with van der Waals surface area (Å²) < 4.78 is 1.81. The van der Waals surface area contributed by atoms with Crippen LogP contribution in [-0.4, -0.2) is 45.6 Å². The Hall–Kier alpha value is -1.85. The molecule has 6 nitrogen and oxygen atoms in total. The first kappa shape index (κ1) is 17.0. The molecule has 2 aliphatic rings. The van der Waals surface area contributed by atoms with E-state index in [-0.39, 0.29) is 17.7 Å². The smallest absolute Gasteiger partial charge is 0.224 e. The van der Waals surface area contributed by atoms with Gasteiger partial charge in [-0.25, -0.2) is 0 Å². The van der Waals surface area contributed by atoms with Crippen molar-refractivity contribution in [1.82, 2.24) is 20.0 Å². The molecule has 24 heavy (non-hydrogen) atoms. The maximum atomic E-state index is 12.5. The fraction of sp³-hybridized carbons (Fsp3) is 0.722. The standard InChI is InChI=1S/C18H28N4O2/c23-17-9-8-15(14-22(17)16-6-3-1-2-4-7-16)18(24)19-11-13-21-12-5-10-20-21/h5,10,12,15-16H,1-4,6-9,11,13-14H2,(H,19,24). The highest BCUT2D eigenvalue weighted by molar-refractivity contribution is 5.84. The van der Waals surface area contributed by atoms with Crippen molar-refractivity contribution in [3.63, 3.8) is 0 Å². The molecule has 1 aromatic heterocycles. The Labute approximate surface area is 143 Å². The van der Waals surface area contributed by atoms with Crippen molar-refractivity contribution < 1.29 is 9.59 Å². The number of hydrogen-bond acceptors (Lipinski definition) is 3. The Bertz CT molecular complexity index is 535. The molecule has 0 aromatic carbocycles. The SMILES string of the molecule is O=C(NCCn1cccn1)C1CCC(=O)N(C2CCCCCC2)C1. The molecule has 1 aliphatic carbocycles. The van der Waals surface area contributed by atoms with Gasteiger partial charge >= 0.3 is 0 Å². The van der Waals surface area contributed by atoms with Crippen LogP contribution in [-0.2, 0) is 16.1 Å². The largest absolute Gasteiger partial charge is 0.354 e. The van der Waals surface area contributed by atoms with Gasteiger partial charge in [0, 0.05) is 37.9 Å². The number of carbonyl (C=O) groups is 2. The minimum Gasteiger partial charge on any atom is -0.354 e. The zero-order valence-electron chi connectivity index (χ0n) is 14.3. The van der Waals surface area contributed by atoms with Crippen molar-refractivity contribution in [2.24, 2.45) is 5.92 Å². The second-order valence-corrected chi connectivity index (χ2v) is 6.99. The Balaban J connectivity index is 1.50. The third kappa shape index (κ3) is 4.36. The second-order valence-electron chi connectivity index (χ2n) is 6.99. The van der Waals surface area contributed by atoms with Gasteiger partial charge in [0.25, 0.3) is 0 Å². The number of likely N-dealkylation sites (tertiary alicyclic amines) is 1. The van der Waals surface area contributed by atoms with E-state index < -0.39 is 0 Å². The average molecular weight is 332 g/mol. The average Bonchev–Trinajstić information content (AvgIpc) is 2.96. The molecule has 2 amide bonds. The van der Waals surface area contributed by atoms with E-state index in [4.69, 9.17) is 0 Å². The Kier molecular flexibility index (Phi) is 5.88. The van der Waals surface area contributed by atoms with Crippen molar-refractivity contribution >= 4 is 11.8 Å². The van der Waals surface area contributed by atoms with Gasteiger partial charge in [-0.1, -0.05) is 25.7 Å². The number of piperidine rings is 1. The van der Waals surface area contributed by atoms with Gasteiger partial charge in [-0.3, -0.25) is 14.3 Å². The predicted molar refractivity (Wildman–Crippen MR) is 91.2 cm³/mol. The molecule has 1 aromatic rings. The molecule has 1 unspecified atom stereocenters. The molecule has 0 radical (unpaired) electrons. The lowest BCUT2D eigenvalue weighted by molar-refractivity contribution is -0.141. The Morgan fingerprint density at radius 3 is 2.71 bits per heavy atom. The van der Waals surface area contributed by atoms with Crippen molar-refractivity contribution in [2.45, 2.75) is 64.0 Å². The van der Waals surface area contributed by atoms with E-state index in [0.29, 0.717) is 38.5 Å². The number of carbonyl (C=O) groups excluding carboxylic acids is 2. The van der Waals surface area contributed by atoms with Crippen molar-refractivity contribution in [2.75, 3.05) is 13.1 Å². The summed E-state index contributed by atoms with van der Waals surface area (Å²) in [6, 6.07) is 2.22. The summed E-state index contributed by atoms with van der Waals surface area (Å²) in [5.41, 5.74) is 0. The highest BCUT2D eigenvalue weighted by Gasteiger charge is 2.34. The number of rotatable bonds is 5. The molecule has 132 valence electrons. The lowest BCUT2D eigenvalue weighted by atomic mass is 9.93. The van der Waals surface area contributed by atoms with Crippen LogP contribution in [0.2, 0.25) is 0 Å². The molecular formula is C18H28N4O2. The molecule has 0 bridgehead atoms. The molecule has 6 heteroatoms. The van der Waals surface area contributed by atoms with Crippen molar-refractivity contribution in [3.8, 4) is 0 Å². The maximum Gasteiger partial charge on any atom is 0.224 e. The molecule has 1 atom stereocenters. The van der Waals surface area contributed by atoms with Crippen molar-refractivity contribution in [1.29, 1.82) is 0 Å². The van der Waals surface area contributed by atoms with Gasteiger partial charge in [0.1, 0.15) is 0 Å². The molecule has 0 spiro atoms. The number of nitrogens with one attached hydrogen (secondary N) is 1. The summed E-state index contributed by atoms with van der Waals surface area (Å²) in [4.78, 5) is 26.8. The minimum absolute atomic E-state index is 0.0661. The monoisotopic (exact) mass is 332 g/mol. The molecule has 2 fully saturated rings. The number of nitrogens with zero attached hydrogens (tertiary/aromatic N) is 3. The normalized spacial score (nSPS) is 23.1. The van der Waals surface area contributed by atoms with Gasteiger partial charge in [0.2, 0.25) is 11.8 Å². The van der Waals surface area contributed by atoms with Gasteiger partial charge in [-0.15, -0.1) is 0 Å². The van der Waals surface area contributed by atoms with Crippen LogP contribution < -0.4 is 5.32 Å². The summed E-state index contributed by atoms with van der Waals surface area (Å²) in [5.74, 6) is 0.249. The summed E-state index contributed by atoms with van der Waals surface area (Å²) in [6.45, 7) is 1.85. The van der Waals surface area contributed by atoms with Gasteiger partial charge < -0.3 is 10.2 Å². The quantitative estimate of drug-likeness (QED) is 0.838. The van der Waals surface area contributed by atoms with E-state index in [0.717, 1.165) is 12.8 Å². The first-order valence-electron chi connectivity index (χ1n) is 9.28. The number of hydrogen-bond donors (Lipinski definition) is 1.